The lowest BCUT2D eigenvalue weighted by Gasteiger charge is -2.13. The van der Waals surface area contributed by atoms with Crippen LogP contribution in [0, 0.1) is 17.6 Å². The summed E-state index contributed by atoms with van der Waals surface area (Å²) in [6, 6.07) is 8.97. The van der Waals surface area contributed by atoms with Crippen LogP contribution in [0.5, 0.6) is 0 Å². The Labute approximate surface area is 156 Å². The normalized spacial score (nSPS) is 11.6. The molecule has 0 unspecified atom stereocenters. The fraction of sp³-hybridized carbons (Fsp3) is 0.238. The van der Waals surface area contributed by atoms with Gasteiger partial charge in [-0.3, -0.25) is 9.89 Å². The van der Waals surface area contributed by atoms with E-state index < -0.39 is 5.82 Å². The van der Waals surface area contributed by atoms with Gasteiger partial charge in [-0.2, -0.15) is 5.10 Å². The van der Waals surface area contributed by atoms with E-state index in [0.29, 0.717) is 29.4 Å². The molecule has 0 bridgehead atoms. The van der Waals surface area contributed by atoms with E-state index in [1.165, 1.54) is 18.2 Å². The minimum atomic E-state index is -0.514. The van der Waals surface area contributed by atoms with Crippen LogP contribution in [0.1, 0.15) is 37.9 Å². The summed E-state index contributed by atoms with van der Waals surface area (Å²) in [7, 11) is 0. The van der Waals surface area contributed by atoms with Crippen molar-refractivity contribution < 1.29 is 13.6 Å². The smallest absolute Gasteiger partial charge is 0.227 e. The number of hydrogen-bond donors (Lipinski definition) is 2. The molecule has 0 fully saturated rings. The number of halogens is 2. The largest absolute Gasteiger partial charge is 0.323 e. The van der Waals surface area contributed by atoms with E-state index in [1.54, 1.807) is 30.4 Å². The van der Waals surface area contributed by atoms with Gasteiger partial charge in [0.2, 0.25) is 5.91 Å². The summed E-state index contributed by atoms with van der Waals surface area (Å²) in [4.78, 5) is 12.3. The maximum Gasteiger partial charge on any atom is 0.227 e. The molecule has 6 heteroatoms. The summed E-state index contributed by atoms with van der Waals surface area (Å²) < 4.78 is 27.3. The Hall–Kier alpha value is -3.02. The number of nitrogens with one attached hydrogen (secondary N) is 2. The number of anilines is 1. The highest BCUT2D eigenvalue weighted by molar-refractivity contribution is 5.97. The third-order valence-corrected chi connectivity index (χ3v) is 4.60. The van der Waals surface area contributed by atoms with E-state index in [-0.39, 0.29) is 23.3 Å². The van der Waals surface area contributed by atoms with Gasteiger partial charge >= 0.3 is 0 Å². The predicted octanol–water partition coefficient (Wildman–Crippen LogP) is 5.39. The quantitative estimate of drug-likeness (QED) is 0.612. The van der Waals surface area contributed by atoms with Gasteiger partial charge in [0.05, 0.1) is 16.9 Å². The molecule has 0 aliphatic carbocycles. The molecule has 0 radical (unpaired) electrons. The third kappa shape index (κ3) is 4.22. The second-order valence-corrected chi connectivity index (χ2v) is 6.37. The monoisotopic (exact) mass is 369 g/mol. The molecule has 1 heterocycles. The highest BCUT2D eigenvalue weighted by Crippen LogP contribution is 2.26. The van der Waals surface area contributed by atoms with E-state index in [1.807, 2.05) is 13.8 Å². The van der Waals surface area contributed by atoms with Gasteiger partial charge in [-0.25, -0.2) is 8.78 Å². The SMILES string of the molecule is CCC(CC)C(=O)Nc1cc2c(/C=C/c3ccc(F)cc3)n[nH]c2cc1F. The molecule has 1 aromatic heterocycles. The lowest BCUT2D eigenvalue weighted by Crippen LogP contribution is -2.22. The maximum absolute atomic E-state index is 14.3. The number of aromatic nitrogens is 2. The van der Waals surface area contributed by atoms with Crippen LogP contribution in [0.25, 0.3) is 23.1 Å². The molecule has 0 saturated carbocycles. The first-order valence-electron chi connectivity index (χ1n) is 8.94. The van der Waals surface area contributed by atoms with Crippen LogP contribution < -0.4 is 5.32 Å². The lowest BCUT2D eigenvalue weighted by molar-refractivity contribution is -0.120. The number of fused-ring (bicyclic) bond motifs is 1. The maximum atomic E-state index is 14.3. The molecular weight excluding hydrogens is 348 g/mol. The van der Waals surface area contributed by atoms with E-state index in [0.717, 1.165) is 5.56 Å². The number of rotatable bonds is 6. The van der Waals surface area contributed by atoms with Crippen LogP contribution in [0.4, 0.5) is 14.5 Å². The zero-order chi connectivity index (χ0) is 19.4. The van der Waals surface area contributed by atoms with Gasteiger partial charge in [0, 0.05) is 17.4 Å². The first kappa shape index (κ1) is 18.8. The van der Waals surface area contributed by atoms with E-state index in [4.69, 9.17) is 0 Å². The Morgan fingerprint density at radius 3 is 2.52 bits per heavy atom. The minimum absolute atomic E-state index is 0.136. The van der Waals surface area contributed by atoms with Crippen molar-refractivity contribution in [1.29, 1.82) is 0 Å². The molecule has 0 saturated heterocycles. The first-order valence-corrected chi connectivity index (χ1v) is 8.94. The fourth-order valence-corrected chi connectivity index (χ4v) is 2.92. The van der Waals surface area contributed by atoms with Crippen LogP contribution in [0.2, 0.25) is 0 Å². The lowest BCUT2D eigenvalue weighted by atomic mass is 10.0. The number of aromatic amines is 1. The topological polar surface area (TPSA) is 57.8 Å². The number of H-pyrrole nitrogens is 1. The van der Waals surface area contributed by atoms with Crippen molar-refractivity contribution in [2.45, 2.75) is 26.7 Å². The zero-order valence-electron chi connectivity index (χ0n) is 15.2. The van der Waals surface area contributed by atoms with Gasteiger partial charge < -0.3 is 5.32 Å². The highest BCUT2D eigenvalue weighted by atomic mass is 19.1. The number of amides is 1. The highest BCUT2D eigenvalue weighted by Gasteiger charge is 2.17. The number of carbonyl (C=O) groups excluding carboxylic acids is 1. The zero-order valence-corrected chi connectivity index (χ0v) is 15.2. The first-order chi connectivity index (χ1) is 13.0. The van der Waals surface area contributed by atoms with Crippen molar-refractivity contribution in [2.24, 2.45) is 5.92 Å². The van der Waals surface area contributed by atoms with Crippen LogP contribution in [0.15, 0.2) is 36.4 Å². The van der Waals surface area contributed by atoms with Crippen molar-refractivity contribution >= 4 is 34.6 Å². The van der Waals surface area contributed by atoms with Crippen LogP contribution in [-0.4, -0.2) is 16.1 Å². The van der Waals surface area contributed by atoms with Crippen molar-refractivity contribution in [3.63, 3.8) is 0 Å². The van der Waals surface area contributed by atoms with Crippen LogP contribution in [0.3, 0.4) is 0 Å². The van der Waals surface area contributed by atoms with E-state index in [2.05, 4.69) is 15.5 Å². The average Bonchev–Trinajstić information content (AvgIpc) is 3.04. The predicted molar refractivity (Wildman–Crippen MR) is 104 cm³/mol. The molecule has 3 aromatic rings. The molecule has 140 valence electrons. The Kier molecular flexibility index (Phi) is 5.64. The molecule has 2 aromatic carbocycles. The second kappa shape index (κ2) is 8.12. The molecule has 0 aliphatic rings. The standard InChI is InChI=1S/C21H21F2N3O/c1-3-14(4-2)21(27)24-20-11-16-18(25-26-19(16)12-17(20)23)10-7-13-5-8-15(22)9-6-13/h5-12,14H,3-4H2,1-2H3,(H,24,27)(H,25,26)/b10-7+. The Morgan fingerprint density at radius 2 is 1.85 bits per heavy atom. The van der Waals surface area contributed by atoms with Crippen LogP contribution >= 0.6 is 0 Å². The van der Waals surface area contributed by atoms with Gasteiger partial charge in [0.15, 0.2) is 0 Å². The number of benzene rings is 2. The number of carbonyl (C=O) groups is 1. The van der Waals surface area contributed by atoms with E-state index >= 15 is 0 Å². The van der Waals surface area contributed by atoms with Gasteiger partial charge in [0.25, 0.3) is 0 Å². The molecule has 1 amide bonds. The molecular formula is C21H21F2N3O. The average molecular weight is 369 g/mol. The summed E-state index contributed by atoms with van der Waals surface area (Å²) >= 11 is 0. The van der Waals surface area contributed by atoms with Crippen LogP contribution in [-0.2, 0) is 4.79 Å². The minimum Gasteiger partial charge on any atom is -0.323 e. The molecule has 0 spiro atoms. The van der Waals surface area contributed by atoms with Gasteiger partial charge in [-0.1, -0.05) is 32.1 Å². The molecule has 0 aliphatic heterocycles. The molecule has 2 N–H and O–H groups in total. The van der Waals surface area contributed by atoms with Gasteiger partial charge in [0.1, 0.15) is 11.6 Å². The molecule has 4 nitrogen and oxygen atoms in total. The Morgan fingerprint density at radius 1 is 1.15 bits per heavy atom. The third-order valence-electron chi connectivity index (χ3n) is 4.60. The molecule has 3 rings (SSSR count). The summed E-state index contributed by atoms with van der Waals surface area (Å²) in [5, 5.41) is 10.3. The van der Waals surface area contributed by atoms with E-state index in [9.17, 15) is 13.6 Å². The van der Waals surface area contributed by atoms with Crippen molar-refractivity contribution in [1.82, 2.24) is 10.2 Å². The Balaban J connectivity index is 1.90. The summed E-state index contributed by atoms with van der Waals surface area (Å²) in [6.45, 7) is 3.86. The van der Waals surface area contributed by atoms with Gasteiger partial charge in [-0.15, -0.1) is 0 Å². The van der Waals surface area contributed by atoms with Gasteiger partial charge in [-0.05, 0) is 42.7 Å². The molecule has 27 heavy (non-hydrogen) atoms. The number of nitrogens with zero attached hydrogens (tertiary/aromatic N) is 1. The van der Waals surface area contributed by atoms with Crippen molar-refractivity contribution in [3.8, 4) is 0 Å². The van der Waals surface area contributed by atoms with Crippen molar-refractivity contribution in [2.75, 3.05) is 5.32 Å². The van der Waals surface area contributed by atoms with Crippen molar-refractivity contribution in [3.05, 3.63) is 59.3 Å². The summed E-state index contributed by atoms with van der Waals surface area (Å²) in [5.41, 5.74) is 2.09. The molecule has 0 atom stereocenters. The fourth-order valence-electron chi connectivity index (χ4n) is 2.92. The Bertz CT molecular complexity index is 973. The summed E-state index contributed by atoms with van der Waals surface area (Å²) in [5.74, 6) is -1.15. The number of hydrogen-bond acceptors (Lipinski definition) is 2. The summed E-state index contributed by atoms with van der Waals surface area (Å²) in [6.07, 6.45) is 4.95. The second-order valence-electron chi connectivity index (χ2n) is 6.37.